The molecule has 1 aromatic carbocycles. The van der Waals surface area contributed by atoms with Crippen molar-refractivity contribution in [2.45, 2.75) is 52.4 Å². The largest absolute Gasteiger partial charge is 0.300 e. The molecule has 1 rings (SSSR count). The van der Waals surface area contributed by atoms with E-state index in [9.17, 15) is 4.79 Å². The Hall–Kier alpha value is -1.11. The zero-order valence-corrected chi connectivity index (χ0v) is 10.5. The molecule has 0 fully saturated rings. The molecule has 0 saturated heterocycles. The fourth-order valence-corrected chi connectivity index (χ4v) is 1.84. The smallest absolute Gasteiger partial charge is 0.132 e. The highest BCUT2D eigenvalue weighted by atomic mass is 16.1. The van der Waals surface area contributed by atoms with Crippen molar-refractivity contribution < 1.29 is 4.79 Å². The van der Waals surface area contributed by atoms with Gasteiger partial charge in [0.2, 0.25) is 0 Å². The van der Waals surface area contributed by atoms with Crippen LogP contribution in [0, 0.1) is 0 Å². The van der Waals surface area contributed by atoms with E-state index in [4.69, 9.17) is 0 Å². The Morgan fingerprint density at radius 3 is 2.19 bits per heavy atom. The van der Waals surface area contributed by atoms with Crippen molar-refractivity contribution in [3.05, 3.63) is 35.4 Å². The van der Waals surface area contributed by atoms with Crippen molar-refractivity contribution in [3.8, 4) is 0 Å². The van der Waals surface area contributed by atoms with E-state index < -0.39 is 0 Å². The summed E-state index contributed by atoms with van der Waals surface area (Å²) in [6, 6.07) is 8.73. The third kappa shape index (κ3) is 4.61. The molecule has 16 heavy (non-hydrogen) atoms. The molecule has 1 heteroatoms. The van der Waals surface area contributed by atoms with E-state index in [2.05, 4.69) is 38.1 Å². The first kappa shape index (κ1) is 13.0. The van der Waals surface area contributed by atoms with Crippen LogP contribution in [0.15, 0.2) is 24.3 Å². The second kappa shape index (κ2) is 7.21. The van der Waals surface area contributed by atoms with Crippen molar-refractivity contribution in [2.75, 3.05) is 0 Å². The van der Waals surface area contributed by atoms with Gasteiger partial charge in [-0.05, 0) is 36.8 Å². The van der Waals surface area contributed by atoms with E-state index in [-0.39, 0.29) is 0 Å². The highest BCUT2D eigenvalue weighted by Crippen LogP contribution is 2.09. The number of carbonyl (C=O) groups is 1. The molecule has 1 aromatic rings. The highest BCUT2D eigenvalue weighted by molar-refractivity contribution is 5.78. The van der Waals surface area contributed by atoms with Gasteiger partial charge in [0.15, 0.2) is 0 Å². The maximum atomic E-state index is 11.3. The number of benzene rings is 1. The molecule has 0 atom stereocenters. The van der Waals surface area contributed by atoms with E-state index >= 15 is 0 Å². The fourth-order valence-electron chi connectivity index (χ4n) is 1.84. The molecule has 0 aromatic heterocycles. The third-order valence-electron chi connectivity index (χ3n) is 2.88. The number of ketones is 1. The predicted molar refractivity (Wildman–Crippen MR) is 68.7 cm³/mol. The molecule has 0 aliphatic carbocycles. The highest BCUT2D eigenvalue weighted by Gasteiger charge is 2.00. The molecule has 0 radical (unpaired) electrons. The average molecular weight is 218 g/mol. The van der Waals surface area contributed by atoms with E-state index in [0.29, 0.717) is 5.78 Å². The van der Waals surface area contributed by atoms with Crippen LogP contribution in [-0.4, -0.2) is 5.78 Å². The van der Waals surface area contributed by atoms with E-state index in [1.165, 1.54) is 11.1 Å². The number of hydrogen-bond acceptors (Lipinski definition) is 1. The molecule has 0 aliphatic heterocycles. The summed E-state index contributed by atoms with van der Waals surface area (Å²) >= 11 is 0. The van der Waals surface area contributed by atoms with Gasteiger partial charge in [0.05, 0.1) is 0 Å². The monoisotopic (exact) mass is 218 g/mol. The lowest BCUT2D eigenvalue weighted by molar-refractivity contribution is -0.119. The summed E-state index contributed by atoms with van der Waals surface area (Å²) < 4.78 is 0. The maximum absolute atomic E-state index is 11.3. The average Bonchev–Trinajstić information content (AvgIpc) is 2.30. The first-order valence-electron chi connectivity index (χ1n) is 6.35. The molecule has 0 bridgehead atoms. The van der Waals surface area contributed by atoms with Gasteiger partial charge < -0.3 is 0 Å². The number of hydrogen-bond donors (Lipinski definition) is 0. The minimum Gasteiger partial charge on any atom is -0.300 e. The summed E-state index contributed by atoms with van der Waals surface area (Å²) in [5.74, 6) is 0.410. The fraction of sp³-hybridized carbons (Fsp3) is 0.533. The van der Waals surface area contributed by atoms with E-state index in [0.717, 1.165) is 38.5 Å². The molecule has 0 spiro atoms. The number of aryl methyl sites for hydroxylation is 2. The maximum Gasteiger partial charge on any atom is 0.132 e. The normalized spacial score (nSPS) is 10.4. The molecular formula is C15H22O. The van der Waals surface area contributed by atoms with Gasteiger partial charge >= 0.3 is 0 Å². The van der Waals surface area contributed by atoms with Crippen LogP contribution in [0.3, 0.4) is 0 Å². The Morgan fingerprint density at radius 1 is 1.00 bits per heavy atom. The quantitative estimate of drug-likeness (QED) is 0.677. The minimum atomic E-state index is 0.410. The lowest BCUT2D eigenvalue weighted by Crippen LogP contribution is -1.97. The van der Waals surface area contributed by atoms with Crippen LogP contribution in [0.5, 0.6) is 0 Å². The predicted octanol–water partition coefficient (Wildman–Crippen LogP) is 3.94. The molecule has 0 heterocycles. The van der Waals surface area contributed by atoms with Crippen LogP contribution < -0.4 is 0 Å². The van der Waals surface area contributed by atoms with Crippen molar-refractivity contribution >= 4 is 5.78 Å². The van der Waals surface area contributed by atoms with Crippen molar-refractivity contribution in [2.24, 2.45) is 0 Å². The number of rotatable bonds is 7. The van der Waals surface area contributed by atoms with Crippen LogP contribution in [0.2, 0.25) is 0 Å². The number of carbonyl (C=O) groups excluding carboxylic acids is 1. The second-order valence-electron chi connectivity index (χ2n) is 4.31. The van der Waals surface area contributed by atoms with Crippen molar-refractivity contribution in [1.29, 1.82) is 0 Å². The summed E-state index contributed by atoms with van der Waals surface area (Å²) in [5, 5.41) is 0. The third-order valence-corrected chi connectivity index (χ3v) is 2.88. The molecule has 0 unspecified atom stereocenters. The topological polar surface area (TPSA) is 17.1 Å². The SMILES string of the molecule is CCCC(=O)CCCc1ccc(CC)cc1. The minimum absolute atomic E-state index is 0.410. The van der Waals surface area contributed by atoms with Crippen LogP contribution >= 0.6 is 0 Å². The van der Waals surface area contributed by atoms with E-state index in [1.54, 1.807) is 0 Å². The lowest BCUT2D eigenvalue weighted by atomic mass is 10.0. The summed E-state index contributed by atoms with van der Waals surface area (Å²) in [5.41, 5.74) is 2.73. The van der Waals surface area contributed by atoms with Crippen molar-refractivity contribution in [1.82, 2.24) is 0 Å². The molecule has 0 amide bonds. The van der Waals surface area contributed by atoms with Gasteiger partial charge in [-0.2, -0.15) is 0 Å². The molecule has 88 valence electrons. The van der Waals surface area contributed by atoms with Crippen LogP contribution in [0.1, 0.15) is 50.7 Å². The van der Waals surface area contributed by atoms with Gasteiger partial charge in [-0.3, -0.25) is 4.79 Å². The Kier molecular flexibility index (Phi) is 5.84. The summed E-state index contributed by atoms with van der Waals surface area (Å²) in [6.45, 7) is 4.22. The Bertz CT molecular complexity index is 311. The zero-order valence-electron chi connectivity index (χ0n) is 10.5. The second-order valence-corrected chi connectivity index (χ2v) is 4.31. The van der Waals surface area contributed by atoms with Crippen LogP contribution in [-0.2, 0) is 17.6 Å². The zero-order chi connectivity index (χ0) is 11.8. The van der Waals surface area contributed by atoms with Gasteiger partial charge in [-0.1, -0.05) is 38.1 Å². The molecular weight excluding hydrogens is 196 g/mol. The standard InChI is InChI=1S/C15H22O/c1-3-6-15(16)8-5-7-14-11-9-13(4-2)10-12-14/h9-12H,3-8H2,1-2H3. The van der Waals surface area contributed by atoms with Crippen LogP contribution in [0.25, 0.3) is 0 Å². The Balaban J connectivity index is 2.29. The van der Waals surface area contributed by atoms with Gasteiger partial charge in [0.25, 0.3) is 0 Å². The Labute approximate surface area is 98.9 Å². The molecule has 1 nitrogen and oxygen atoms in total. The van der Waals surface area contributed by atoms with Gasteiger partial charge in [-0.15, -0.1) is 0 Å². The van der Waals surface area contributed by atoms with Gasteiger partial charge in [-0.25, -0.2) is 0 Å². The first-order valence-corrected chi connectivity index (χ1v) is 6.35. The van der Waals surface area contributed by atoms with Crippen molar-refractivity contribution in [3.63, 3.8) is 0 Å². The van der Waals surface area contributed by atoms with E-state index in [1.807, 2.05) is 0 Å². The van der Waals surface area contributed by atoms with Gasteiger partial charge in [0, 0.05) is 12.8 Å². The molecule has 0 aliphatic rings. The molecule has 0 saturated carbocycles. The summed E-state index contributed by atoms with van der Waals surface area (Å²) in [6.07, 6.45) is 5.57. The summed E-state index contributed by atoms with van der Waals surface area (Å²) in [4.78, 5) is 11.3. The van der Waals surface area contributed by atoms with Gasteiger partial charge in [0.1, 0.15) is 5.78 Å². The lowest BCUT2D eigenvalue weighted by Gasteiger charge is -2.02. The molecule has 0 N–H and O–H groups in total. The summed E-state index contributed by atoms with van der Waals surface area (Å²) in [7, 11) is 0. The first-order chi connectivity index (χ1) is 7.76. The Morgan fingerprint density at radius 2 is 1.62 bits per heavy atom. The van der Waals surface area contributed by atoms with Crippen LogP contribution in [0.4, 0.5) is 0 Å². The number of Topliss-reactive ketones (excluding diaryl/α,β-unsaturated/α-hetero) is 1.